The summed E-state index contributed by atoms with van der Waals surface area (Å²) in [4.78, 5) is 0. The first-order valence-corrected chi connectivity index (χ1v) is 6.81. The van der Waals surface area contributed by atoms with Crippen molar-refractivity contribution in [1.29, 1.82) is 0 Å². The van der Waals surface area contributed by atoms with Gasteiger partial charge in [-0.25, -0.2) is 0 Å². The van der Waals surface area contributed by atoms with E-state index in [9.17, 15) is 5.11 Å². The predicted molar refractivity (Wildman–Crippen MR) is 77.9 cm³/mol. The summed E-state index contributed by atoms with van der Waals surface area (Å²) in [5.74, 6) is 0. The quantitative estimate of drug-likeness (QED) is 0.933. The highest BCUT2D eigenvalue weighted by molar-refractivity contribution is 6.33. The number of nitrogens with zero attached hydrogens (tertiary/aromatic N) is 2. The van der Waals surface area contributed by atoms with Gasteiger partial charge in [0.05, 0.1) is 18.3 Å². The van der Waals surface area contributed by atoms with Gasteiger partial charge in [-0.05, 0) is 44.5 Å². The average Bonchev–Trinajstić information content (AvgIpc) is 2.59. The Bertz CT molecular complexity index is 606. The van der Waals surface area contributed by atoms with Gasteiger partial charge in [0, 0.05) is 21.3 Å². The van der Waals surface area contributed by atoms with Gasteiger partial charge in [0.15, 0.2) is 0 Å². The zero-order valence-electron chi connectivity index (χ0n) is 11.1. The fourth-order valence-electron chi connectivity index (χ4n) is 2.30. The molecule has 2 aromatic rings. The second kappa shape index (κ2) is 5.53. The fraction of sp³-hybridized carbons (Fsp3) is 0.357. The van der Waals surface area contributed by atoms with Gasteiger partial charge < -0.3 is 5.11 Å². The molecule has 0 radical (unpaired) electrons. The summed E-state index contributed by atoms with van der Waals surface area (Å²) in [7, 11) is 0. The van der Waals surface area contributed by atoms with Gasteiger partial charge in [-0.1, -0.05) is 23.2 Å². The standard InChI is InChI=1S/C14H16Cl2N2O/c1-8-14(10(3)19)9(2)18(17-8)7-11-6-12(15)4-5-13(11)16/h4-6,10,19H,7H2,1-3H3. The Balaban J connectivity index is 2.39. The lowest BCUT2D eigenvalue weighted by molar-refractivity contribution is 0.197. The van der Waals surface area contributed by atoms with Gasteiger partial charge in [0.25, 0.3) is 0 Å². The van der Waals surface area contributed by atoms with Gasteiger partial charge in [-0.15, -0.1) is 0 Å². The van der Waals surface area contributed by atoms with E-state index in [1.807, 2.05) is 24.6 Å². The maximum Gasteiger partial charge on any atom is 0.0797 e. The van der Waals surface area contributed by atoms with Gasteiger partial charge in [0.2, 0.25) is 0 Å². The Labute approximate surface area is 122 Å². The highest BCUT2D eigenvalue weighted by Crippen LogP contribution is 2.25. The summed E-state index contributed by atoms with van der Waals surface area (Å²) in [5.41, 5.74) is 3.57. The van der Waals surface area contributed by atoms with E-state index in [2.05, 4.69) is 5.10 Å². The molecule has 1 aromatic heterocycles. The average molecular weight is 299 g/mol. The summed E-state index contributed by atoms with van der Waals surface area (Å²) in [6.45, 7) is 6.12. The summed E-state index contributed by atoms with van der Waals surface area (Å²) in [5, 5.41) is 15.5. The van der Waals surface area contributed by atoms with E-state index < -0.39 is 6.10 Å². The Morgan fingerprint density at radius 1 is 1.32 bits per heavy atom. The number of benzene rings is 1. The number of hydrogen-bond acceptors (Lipinski definition) is 2. The van der Waals surface area contributed by atoms with Crippen molar-refractivity contribution in [2.45, 2.75) is 33.4 Å². The van der Waals surface area contributed by atoms with E-state index in [-0.39, 0.29) is 0 Å². The molecule has 102 valence electrons. The van der Waals surface area contributed by atoms with E-state index in [1.54, 1.807) is 19.1 Å². The molecule has 0 aliphatic carbocycles. The van der Waals surface area contributed by atoms with Gasteiger partial charge in [0.1, 0.15) is 0 Å². The lowest BCUT2D eigenvalue weighted by Crippen LogP contribution is -2.05. The maximum absolute atomic E-state index is 9.76. The van der Waals surface area contributed by atoms with Crippen molar-refractivity contribution >= 4 is 23.2 Å². The zero-order chi connectivity index (χ0) is 14.2. The molecule has 1 atom stereocenters. The maximum atomic E-state index is 9.76. The SMILES string of the molecule is Cc1nn(Cc2cc(Cl)ccc2Cl)c(C)c1C(C)O. The van der Waals surface area contributed by atoms with E-state index in [1.165, 1.54) is 0 Å². The molecule has 0 bridgehead atoms. The van der Waals surface area contributed by atoms with E-state index in [0.29, 0.717) is 16.6 Å². The Kier molecular flexibility index (Phi) is 4.19. The lowest BCUT2D eigenvalue weighted by atomic mass is 10.1. The third kappa shape index (κ3) is 2.94. The van der Waals surface area contributed by atoms with Crippen LogP contribution >= 0.6 is 23.2 Å². The number of aliphatic hydroxyl groups excluding tert-OH is 1. The first kappa shape index (κ1) is 14.4. The molecule has 1 heterocycles. The molecule has 2 rings (SSSR count). The lowest BCUT2D eigenvalue weighted by Gasteiger charge is -2.09. The third-order valence-corrected chi connectivity index (χ3v) is 3.79. The van der Waals surface area contributed by atoms with Crippen LogP contribution in [0.2, 0.25) is 10.0 Å². The molecule has 0 amide bonds. The van der Waals surface area contributed by atoms with Crippen LogP contribution in [0.4, 0.5) is 0 Å². The summed E-state index contributed by atoms with van der Waals surface area (Å²) in [6, 6.07) is 5.37. The van der Waals surface area contributed by atoms with Crippen LogP contribution in [0.15, 0.2) is 18.2 Å². The first-order chi connectivity index (χ1) is 8.90. The molecule has 0 aliphatic heterocycles. The molecule has 1 unspecified atom stereocenters. The second-order valence-corrected chi connectivity index (χ2v) is 5.50. The highest BCUT2D eigenvalue weighted by Gasteiger charge is 2.16. The molecule has 0 saturated carbocycles. The van der Waals surface area contributed by atoms with Crippen LogP contribution in [0, 0.1) is 13.8 Å². The van der Waals surface area contributed by atoms with Gasteiger partial charge in [-0.3, -0.25) is 4.68 Å². The number of rotatable bonds is 3. The topological polar surface area (TPSA) is 38.0 Å². The minimum atomic E-state index is -0.524. The zero-order valence-corrected chi connectivity index (χ0v) is 12.6. The molecule has 0 saturated heterocycles. The molecule has 0 spiro atoms. The van der Waals surface area contributed by atoms with E-state index in [4.69, 9.17) is 23.2 Å². The van der Waals surface area contributed by atoms with Crippen LogP contribution in [0.5, 0.6) is 0 Å². The minimum absolute atomic E-state index is 0.524. The second-order valence-electron chi connectivity index (χ2n) is 4.65. The molecular formula is C14H16Cl2N2O. The molecule has 0 aliphatic rings. The first-order valence-electron chi connectivity index (χ1n) is 6.06. The van der Waals surface area contributed by atoms with Gasteiger partial charge >= 0.3 is 0 Å². The van der Waals surface area contributed by atoms with Crippen LogP contribution in [-0.2, 0) is 6.54 Å². The van der Waals surface area contributed by atoms with E-state index >= 15 is 0 Å². The third-order valence-electron chi connectivity index (χ3n) is 3.18. The van der Waals surface area contributed by atoms with Crippen molar-refractivity contribution in [3.63, 3.8) is 0 Å². The van der Waals surface area contributed by atoms with Crippen LogP contribution in [0.3, 0.4) is 0 Å². The molecule has 1 N–H and O–H groups in total. The van der Waals surface area contributed by atoms with Crippen molar-refractivity contribution in [2.24, 2.45) is 0 Å². The van der Waals surface area contributed by atoms with Crippen molar-refractivity contribution in [3.8, 4) is 0 Å². The number of aromatic nitrogens is 2. The van der Waals surface area contributed by atoms with Crippen molar-refractivity contribution in [3.05, 3.63) is 50.8 Å². The monoisotopic (exact) mass is 298 g/mol. The number of aryl methyl sites for hydroxylation is 1. The number of aliphatic hydroxyl groups is 1. The van der Waals surface area contributed by atoms with Crippen LogP contribution < -0.4 is 0 Å². The molecule has 3 nitrogen and oxygen atoms in total. The van der Waals surface area contributed by atoms with Crippen molar-refractivity contribution in [2.75, 3.05) is 0 Å². The van der Waals surface area contributed by atoms with Gasteiger partial charge in [-0.2, -0.15) is 5.10 Å². The summed E-state index contributed by atoms with van der Waals surface area (Å²) in [6.07, 6.45) is -0.524. The minimum Gasteiger partial charge on any atom is -0.389 e. The summed E-state index contributed by atoms with van der Waals surface area (Å²) >= 11 is 12.1. The highest BCUT2D eigenvalue weighted by atomic mass is 35.5. The Morgan fingerprint density at radius 3 is 2.58 bits per heavy atom. The molecular weight excluding hydrogens is 283 g/mol. The van der Waals surface area contributed by atoms with Crippen LogP contribution in [0.1, 0.15) is 35.5 Å². The van der Waals surface area contributed by atoms with E-state index in [0.717, 1.165) is 22.5 Å². The fourth-order valence-corrected chi connectivity index (χ4v) is 2.67. The van der Waals surface area contributed by atoms with Crippen LogP contribution in [0.25, 0.3) is 0 Å². The number of halogens is 2. The smallest absolute Gasteiger partial charge is 0.0797 e. The largest absolute Gasteiger partial charge is 0.389 e. The Morgan fingerprint density at radius 2 is 2.00 bits per heavy atom. The normalized spacial score (nSPS) is 12.7. The predicted octanol–water partition coefficient (Wildman–Crippen LogP) is 3.91. The Hall–Kier alpha value is -1.03. The van der Waals surface area contributed by atoms with Crippen molar-refractivity contribution in [1.82, 2.24) is 9.78 Å². The number of hydrogen-bond donors (Lipinski definition) is 1. The molecule has 0 fully saturated rings. The summed E-state index contributed by atoms with van der Waals surface area (Å²) < 4.78 is 1.84. The molecule has 19 heavy (non-hydrogen) atoms. The molecule has 5 heteroatoms. The van der Waals surface area contributed by atoms with Crippen molar-refractivity contribution < 1.29 is 5.11 Å². The van der Waals surface area contributed by atoms with Crippen LogP contribution in [-0.4, -0.2) is 14.9 Å². The molecule has 1 aromatic carbocycles.